The van der Waals surface area contributed by atoms with Gasteiger partial charge in [0.15, 0.2) is 0 Å². The van der Waals surface area contributed by atoms with E-state index in [0.29, 0.717) is 14.8 Å². The quantitative estimate of drug-likeness (QED) is 0.356. The Morgan fingerprint density at radius 2 is 2.16 bits per heavy atom. The summed E-state index contributed by atoms with van der Waals surface area (Å²) in [6.07, 6.45) is 1.48. The van der Waals surface area contributed by atoms with E-state index >= 15 is 0 Å². The summed E-state index contributed by atoms with van der Waals surface area (Å²) in [5.41, 5.74) is -0.0963. The molecule has 19 heavy (non-hydrogen) atoms. The van der Waals surface area contributed by atoms with Crippen LogP contribution in [-0.4, -0.2) is 27.1 Å². The Morgan fingerprint density at radius 1 is 1.47 bits per heavy atom. The molecule has 1 saturated heterocycles. The van der Waals surface area contributed by atoms with Crippen LogP contribution in [0.4, 0.5) is 5.69 Å². The number of hydrogen-bond acceptors (Lipinski definition) is 6. The summed E-state index contributed by atoms with van der Waals surface area (Å²) in [5, 5.41) is 21.9. The van der Waals surface area contributed by atoms with Crippen molar-refractivity contribution >= 4 is 46.0 Å². The van der Waals surface area contributed by atoms with Crippen molar-refractivity contribution in [1.82, 2.24) is 4.90 Å². The monoisotopic (exact) mass is 295 g/mol. The van der Waals surface area contributed by atoms with Crippen LogP contribution in [0.3, 0.4) is 0 Å². The van der Waals surface area contributed by atoms with Crippen LogP contribution in [0.2, 0.25) is 0 Å². The molecule has 0 spiro atoms. The molecule has 0 saturated carbocycles. The third-order valence-corrected chi connectivity index (χ3v) is 3.95. The van der Waals surface area contributed by atoms with Crippen molar-refractivity contribution < 1.29 is 14.8 Å². The highest BCUT2D eigenvalue weighted by atomic mass is 32.2. The van der Waals surface area contributed by atoms with Gasteiger partial charge in [-0.05, 0) is 17.4 Å². The van der Waals surface area contributed by atoms with E-state index in [0.717, 1.165) is 23.9 Å². The van der Waals surface area contributed by atoms with Crippen LogP contribution in [0.5, 0.6) is 5.75 Å². The standard InChI is InChI=1S/C11H8N2O4S2/c1-12-10(15)9(19-11(12)18)5-6-2-3-8(14)7(4-6)13(16)17/h2-5,14H,1H3/p-1/b9-5+. The van der Waals surface area contributed by atoms with Crippen LogP contribution in [-0.2, 0) is 4.79 Å². The fourth-order valence-electron chi connectivity index (χ4n) is 1.46. The maximum atomic E-state index is 11.8. The summed E-state index contributed by atoms with van der Waals surface area (Å²) < 4.78 is 0.422. The number of nitro groups is 1. The van der Waals surface area contributed by atoms with Gasteiger partial charge in [0.05, 0.1) is 9.83 Å². The molecule has 1 aliphatic rings. The van der Waals surface area contributed by atoms with Crippen molar-refractivity contribution in [3.05, 3.63) is 38.8 Å². The van der Waals surface area contributed by atoms with Gasteiger partial charge in [0, 0.05) is 13.1 Å². The fourth-order valence-corrected chi connectivity index (χ4v) is 2.64. The number of hydrogen-bond donors (Lipinski definition) is 0. The first-order chi connectivity index (χ1) is 8.90. The Morgan fingerprint density at radius 3 is 2.68 bits per heavy atom. The van der Waals surface area contributed by atoms with E-state index in [2.05, 4.69) is 0 Å². The largest absolute Gasteiger partial charge is 0.868 e. The van der Waals surface area contributed by atoms with Crippen LogP contribution >= 0.6 is 24.0 Å². The minimum Gasteiger partial charge on any atom is -0.868 e. The molecule has 1 aromatic carbocycles. The SMILES string of the molecule is CN1C(=O)/C(=C\c2ccc([O-])c([N+](=O)[O-])c2)SC1=S. The predicted octanol–water partition coefficient (Wildman–Crippen LogP) is 1.50. The third kappa shape index (κ3) is 2.59. The van der Waals surface area contributed by atoms with Crippen LogP contribution in [0.15, 0.2) is 23.1 Å². The minimum atomic E-state index is -0.745. The van der Waals surface area contributed by atoms with Gasteiger partial charge in [0.25, 0.3) is 11.6 Å². The molecule has 0 aliphatic carbocycles. The normalized spacial score (nSPS) is 17.3. The highest BCUT2D eigenvalue weighted by Gasteiger charge is 2.28. The van der Waals surface area contributed by atoms with Gasteiger partial charge < -0.3 is 5.11 Å². The number of amides is 1. The summed E-state index contributed by atoms with van der Waals surface area (Å²) >= 11 is 6.09. The number of likely N-dealkylation sites (N-methyl/N-ethyl adjacent to an activating group) is 1. The number of benzene rings is 1. The molecule has 2 rings (SSSR count). The molecule has 0 unspecified atom stereocenters. The molecule has 1 amide bonds. The van der Waals surface area contributed by atoms with Crippen molar-refractivity contribution in [2.75, 3.05) is 7.05 Å². The molecule has 1 aromatic rings. The lowest BCUT2D eigenvalue weighted by Gasteiger charge is -2.06. The first-order valence-corrected chi connectivity index (χ1v) is 6.29. The van der Waals surface area contributed by atoms with Gasteiger partial charge in [0.2, 0.25) is 0 Å². The predicted molar refractivity (Wildman–Crippen MR) is 73.5 cm³/mol. The second kappa shape index (κ2) is 4.98. The molecule has 1 fully saturated rings. The Labute approximate surface area is 117 Å². The Hall–Kier alpha value is -1.93. The Bertz CT molecular complexity index is 627. The number of nitro benzene ring substituents is 1. The van der Waals surface area contributed by atoms with Crippen LogP contribution in [0, 0.1) is 10.1 Å². The number of carbonyl (C=O) groups is 1. The Kier molecular flexibility index (Phi) is 3.54. The van der Waals surface area contributed by atoms with Gasteiger partial charge >= 0.3 is 0 Å². The number of thioether (sulfide) groups is 1. The van der Waals surface area contributed by atoms with Gasteiger partial charge in [-0.25, -0.2) is 0 Å². The van der Waals surface area contributed by atoms with Gasteiger partial charge in [-0.3, -0.25) is 19.8 Å². The van der Waals surface area contributed by atoms with Crippen molar-refractivity contribution in [1.29, 1.82) is 0 Å². The molecule has 0 bridgehead atoms. The first kappa shape index (κ1) is 13.5. The summed E-state index contributed by atoms with van der Waals surface area (Å²) in [4.78, 5) is 23.4. The van der Waals surface area contributed by atoms with E-state index in [1.807, 2.05) is 0 Å². The second-order valence-electron chi connectivity index (χ2n) is 3.72. The van der Waals surface area contributed by atoms with E-state index in [4.69, 9.17) is 12.2 Å². The average molecular weight is 295 g/mol. The lowest BCUT2D eigenvalue weighted by atomic mass is 10.1. The lowest BCUT2D eigenvalue weighted by molar-refractivity contribution is -0.398. The number of carbonyl (C=O) groups excluding carboxylic acids is 1. The van der Waals surface area contributed by atoms with Crippen molar-refractivity contribution in [3.8, 4) is 5.75 Å². The average Bonchev–Trinajstić information content (AvgIpc) is 2.59. The summed E-state index contributed by atoms with van der Waals surface area (Å²) in [7, 11) is 1.56. The zero-order valence-electron chi connectivity index (χ0n) is 9.65. The van der Waals surface area contributed by atoms with Gasteiger partial charge in [-0.15, -0.1) is 0 Å². The third-order valence-electron chi connectivity index (χ3n) is 2.46. The maximum absolute atomic E-state index is 11.8. The zero-order valence-corrected chi connectivity index (χ0v) is 11.3. The van der Waals surface area contributed by atoms with Gasteiger partial charge in [0.1, 0.15) is 4.32 Å². The molecule has 8 heteroatoms. The van der Waals surface area contributed by atoms with E-state index in [9.17, 15) is 20.0 Å². The first-order valence-electron chi connectivity index (χ1n) is 5.07. The fraction of sp³-hybridized carbons (Fsp3) is 0.0909. The lowest BCUT2D eigenvalue weighted by Crippen LogP contribution is -2.22. The van der Waals surface area contributed by atoms with E-state index in [1.165, 1.54) is 17.0 Å². The molecule has 0 atom stereocenters. The highest BCUT2D eigenvalue weighted by molar-refractivity contribution is 8.26. The van der Waals surface area contributed by atoms with Crippen LogP contribution in [0.25, 0.3) is 6.08 Å². The van der Waals surface area contributed by atoms with Gasteiger partial charge in [-0.2, -0.15) is 0 Å². The molecule has 0 radical (unpaired) electrons. The summed E-state index contributed by atoms with van der Waals surface area (Å²) in [6, 6.07) is 3.68. The van der Waals surface area contributed by atoms with Crippen LogP contribution < -0.4 is 5.11 Å². The van der Waals surface area contributed by atoms with Gasteiger partial charge in [-0.1, -0.05) is 36.1 Å². The molecule has 6 nitrogen and oxygen atoms in total. The van der Waals surface area contributed by atoms with Crippen LogP contribution in [0.1, 0.15) is 5.56 Å². The van der Waals surface area contributed by atoms with E-state index < -0.39 is 16.4 Å². The smallest absolute Gasteiger partial charge is 0.265 e. The molecule has 1 aliphatic heterocycles. The Balaban J connectivity index is 2.39. The van der Waals surface area contributed by atoms with Crippen molar-refractivity contribution in [2.24, 2.45) is 0 Å². The molecule has 0 aromatic heterocycles. The highest BCUT2D eigenvalue weighted by Crippen LogP contribution is 2.32. The zero-order chi connectivity index (χ0) is 14.2. The molecular weight excluding hydrogens is 288 g/mol. The molecule has 1 heterocycles. The molecule has 98 valence electrons. The number of thiocarbonyl (C=S) groups is 1. The van der Waals surface area contributed by atoms with E-state index in [-0.39, 0.29) is 5.91 Å². The van der Waals surface area contributed by atoms with Crippen molar-refractivity contribution in [2.45, 2.75) is 0 Å². The number of nitrogens with zero attached hydrogens (tertiary/aromatic N) is 2. The minimum absolute atomic E-state index is 0.260. The van der Waals surface area contributed by atoms with E-state index in [1.54, 1.807) is 7.05 Å². The number of rotatable bonds is 2. The second-order valence-corrected chi connectivity index (χ2v) is 5.40. The topological polar surface area (TPSA) is 86.5 Å². The summed E-state index contributed by atoms with van der Waals surface area (Å²) in [5.74, 6) is -0.922. The molecular formula is C11H7N2O4S2-. The summed E-state index contributed by atoms with van der Waals surface area (Å²) in [6.45, 7) is 0. The molecule has 0 N–H and O–H groups in total. The van der Waals surface area contributed by atoms with Crippen molar-refractivity contribution in [3.63, 3.8) is 0 Å². The maximum Gasteiger partial charge on any atom is 0.265 e.